The summed E-state index contributed by atoms with van der Waals surface area (Å²) in [6.07, 6.45) is 1.99. The second kappa shape index (κ2) is 9.32. The highest BCUT2D eigenvalue weighted by Gasteiger charge is 2.30. The minimum absolute atomic E-state index is 0. The van der Waals surface area contributed by atoms with Crippen LogP contribution in [0, 0.1) is 0 Å². The van der Waals surface area contributed by atoms with Gasteiger partial charge in [0.05, 0.1) is 20.3 Å². The van der Waals surface area contributed by atoms with Crippen LogP contribution in [-0.4, -0.2) is 26.2 Å². The predicted octanol–water partition coefficient (Wildman–Crippen LogP) is 4.65. The lowest BCUT2D eigenvalue weighted by Crippen LogP contribution is -2.31. The third-order valence-electron chi connectivity index (χ3n) is 4.43. The van der Waals surface area contributed by atoms with Crippen molar-refractivity contribution in [1.29, 1.82) is 0 Å². The van der Waals surface area contributed by atoms with E-state index in [0.29, 0.717) is 23.4 Å². The number of guanidine groups is 1. The van der Waals surface area contributed by atoms with Gasteiger partial charge in [-0.2, -0.15) is 0 Å². The molecule has 0 atom stereocenters. The van der Waals surface area contributed by atoms with Gasteiger partial charge >= 0.3 is 0 Å². The number of rotatable bonds is 5. The highest BCUT2D eigenvalue weighted by molar-refractivity contribution is 14.0. The Labute approximate surface area is 175 Å². The van der Waals surface area contributed by atoms with Gasteiger partial charge in [0.25, 0.3) is 0 Å². The third kappa shape index (κ3) is 4.94. The highest BCUT2D eigenvalue weighted by atomic mass is 127. The fourth-order valence-electron chi connectivity index (χ4n) is 2.99. The normalized spacial score (nSPS) is 19.1. The second-order valence-corrected chi connectivity index (χ2v) is 6.52. The first kappa shape index (κ1) is 20.6. The standard InChI is InChI=1S/C19H22ClN3O2.HI/c1-24-17-8-7-15(11-18(17)25-2)22-19(21)23-16-9-13(10-16)12-3-5-14(20)6-4-12;/h3-8,11,13,16H,9-10H2,1-2H3,(H3,21,22,23);1H. The molecule has 3 N–H and O–H groups in total. The highest BCUT2D eigenvalue weighted by Crippen LogP contribution is 2.39. The van der Waals surface area contributed by atoms with Gasteiger partial charge in [0.15, 0.2) is 17.5 Å². The zero-order chi connectivity index (χ0) is 17.8. The minimum Gasteiger partial charge on any atom is -0.493 e. The van der Waals surface area contributed by atoms with Crippen LogP contribution in [0.15, 0.2) is 47.5 Å². The molecule has 140 valence electrons. The lowest BCUT2D eigenvalue weighted by molar-refractivity contribution is 0.353. The summed E-state index contributed by atoms with van der Waals surface area (Å²) in [6.45, 7) is 0. The van der Waals surface area contributed by atoms with Crippen LogP contribution in [0.4, 0.5) is 5.69 Å². The van der Waals surface area contributed by atoms with Crippen LogP contribution in [-0.2, 0) is 0 Å². The van der Waals surface area contributed by atoms with Gasteiger partial charge in [-0.15, -0.1) is 24.0 Å². The summed E-state index contributed by atoms with van der Waals surface area (Å²) in [5.41, 5.74) is 8.15. The van der Waals surface area contributed by atoms with Crippen molar-refractivity contribution in [2.45, 2.75) is 24.8 Å². The summed E-state index contributed by atoms with van der Waals surface area (Å²) < 4.78 is 10.5. The molecule has 0 unspecified atom stereocenters. The fourth-order valence-corrected chi connectivity index (χ4v) is 3.12. The molecule has 2 aromatic rings. The number of hydrogen-bond acceptors (Lipinski definition) is 3. The maximum absolute atomic E-state index is 6.03. The quantitative estimate of drug-likeness (QED) is 0.366. The summed E-state index contributed by atoms with van der Waals surface area (Å²) in [6, 6.07) is 13.8. The number of benzene rings is 2. The van der Waals surface area contributed by atoms with E-state index in [9.17, 15) is 0 Å². The Kier molecular flexibility index (Phi) is 7.40. The molecule has 0 radical (unpaired) electrons. The Morgan fingerprint density at radius 1 is 1.08 bits per heavy atom. The zero-order valence-corrected chi connectivity index (χ0v) is 17.8. The Morgan fingerprint density at radius 2 is 1.73 bits per heavy atom. The molecule has 0 saturated heterocycles. The molecule has 7 heteroatoms. The maximum Gasteiger partial charge on any atom is 0.193 e. The van der Waals surface area contributed by atoms with Crippen molar-refractivity contribution < 1.29 is 9.47 Å². The van der Waals surface area contributed by atoms with Crippen LogP contribution in [0.2, 0.25) is 5.02 Å². The Hall–Kier alpha value is -1.67. The first-order valence-corrected chi connectivity index (χ1v) is 8.54. The van der Waals surface area contributed by atoms with Gasteiger partial charge in [-0.25, -0.2) is 4.99 Å². The molecule has 26 heavy (non-hydrogen) atoms. The fraction of sp³-hybridized carbons (Fsp3) is 0.316. The molecule has 0 bridgehead atoms. The lowest BCUT2D eigenvalue weighted by Gasteiger charge is -2.33. The van der Waals surface area contributed by atoms with Crippen LogP contribution >= 0.6 is 35.6 Å². The summed E-state index contributed by atoms with van der Waals surface area (Å²) in [5, 5.41) is 3.87. The molecule has 0 heterocycles. The maximum atomic E-state index is 6.03. The Morgan fingerprint density at radius 3 is 2.35 bits per heavy atom. The molecule has 0 aliphatic heterocycles. The van der Waals surface area contributed by atoms with E-state index in [1.807, 2.05) is 30.3 Å². The van der Waals surface area contributed by atoms with Crippen LogP contribution in [0.1, 0.15) is 24.3 Å². The Balaban J connectivity index is 0.00000243. The van der Waals surface area contributed by atoms with Crippen molar-refractivity contribution in [3.8, 4) is 11.5 Å². The zero-order valence-electron chi connectivity index (χ0n) is 14.7. The van der Waals surface area contributed by atoms with Gasteiger partial charge in [0, 0.05) is 16.8 Å². The smallest absolute Gasteiger partial charge is 0.193 e. The van der Waals surface area contributed by atoms with E-state index in [-0.39, 0.29) is 30.0 Å². The number of methoxy groups -OCH3 is 2. The summed E-state index contributed by atoms with van der Waals surface area (Å²) in [5.74, 6) is 2.26. The molecule has 5 nitrogen and oxygen atoms in total. The minimum atomic E-state index is 0. The van der Waals surface area contributed by atoms with Crippen LogP contribution in [0.3, 0.4) is 0 Å². The largest absolute Gasteiger partial charge is 0.493 e. The molecule has 0 aromatic heterocycles. The number of nitrogens with one attached hydrogen (secondary N) is 1. The average Bonchev–Trinajstić information content (AvgIpc) is 2.58. The van der Waals surface area contributed by atoms with Crippen molar-refractivity contribution in [3.05, 3.63) is 53.1 Å². The number of halogens is 2. The van der Waals surface area contributed by atoms with Gasteiger partial charge in [0.1, 0.15) is 0 Å². The number of anilines is 1. The van der Waals surface area contributed by atoms with E-state index >= 15 is 0 Å². The first-order valence-electron chi connectivity index (χ1n) is 8.17. The predicted molar refractivity (Wildman–Crippen MR) is 117 cm³/mol. The SMILES string of the molecule is COc1ccc(NC(N)=NC2CC(c3ccc(Cl)cc3)C2)cc1OC.I. The second-order valence-electron chi connectivity index (χ2n) is 6.08. The van der Waals surface area contributed by atoms with E-state index < -0.39 is 0 Å². The molecule has 1 aliphatic carbocycles. The van der Waals surface area contributed by atoms with Crippen molar-refractivity contribution >= 4 is 47.2 Å². The van der Waals surface area contributed by atoms with Crippen LogP contribution < -0.4 is 20.5 Å². The Bertz CT molecular complexity index is 762. The molecular weight excluding hydrogens is 465 g/mol. The van der Waals surface area contributed by atoms with Gasteiger partial charge in [-0.1, -0.05) is 23.7 Å². The van der Waals surface area contributed by atoms with E-state index in [1.54, 1.807) is 14.2 Å². The third-order valence-corrected chi connectivity index (χ3v) is 4.68. The van der Waals surface area contributed by atoms with E-state index in [1.165, 1.54) is 5.56 Å². The molecule has 1 saturated carbocycles. The number of nitrogens with zero attached hydrogens (tertiary/aromatic N) is 1. The van der Waals surface area contributed by atoms with Gasteiger partial charge in [0.2, 0.25) is 0 Å². The first-order chi connectivity index (χ1) is 12.1. The van der Waals surface area contributed by atoms with Crippen molar-refractivity contribution in [2.24, 2.45) is 10.7 Å². The molecule has 1 aliphatic rings. The lowest BCUT2D eigenvalue weighted by atomic mass is 9.76. The van der Waals surface area contributed by atoms with E-state index in [4.69, 9.17) is 26.8 Å². The van der Waals surface area contributed by atoms with Gasteiger partial charge in [-0.05, 0) is 48.6 Å². The van der Waals surface area contributed by atoms with E-state index in [0.717, 1.165) is 23.6 Å². The average molecular weight is 488 g/mol. The van der Waals surface area contributed by atoms with Gasteiger partial charge in [-0.3, -0.25) is 0 Å². The summed E-state index contributed by atoms with van der Waals surface area (Å²) >= 11 is 5.93. The van der Waals surface area contributed by atoms with Gasteiger partial charge < -0.3 is 20.5 Å². The number of nitrogens with two attached hydrogens (primary N) is 1. The molecule has 2 aromatic carbocycles. The summed E-state index contributed by atoms with van der Waals surface area (Å²) in [7, 11) is 3.21. The molecule has 0 spiro atoms. The van der Waals surface area contributed by atoms with Crippen molar-refractivity contribution in [2.75, 3.05) is 19.5 Å². The van der Waals surface area contributed by atoms with Crippen LogP contribution in [0.5, 0.6) is 11.5 Å². The monoisotopic (exact) mass is 487 g/mol. The van der Waals surface area contributed by atoms with Crippen LogP contribution in [0.25, 0.3) is 0 Å². The number of ether oxygens (including phenoxy) is 2. The molecule has 1 fully saturated rings. The molecule has 3 rings (SSSR count). The van der Waals surface area contributed by atoms with E-state index in [2.05, 4.69) is 22.4 Å². The molecular formula is C19H23ClIN3O2. The number of hydrogen-bond donors (Lipinski definition) is 2. The topological polar surface area (TPSA) is 68.9 Å². The number of aliphatic imine (C=N–C) groups is 1. The van der Waals surface area contributed by atoms with Crippen molar-refractivity contribution in [3.63, 3.8) is 0 Å². The summed E-state index contributed by atoms with van der Waals surface area (Å²) in [4.78, 5) is 4.55. The molecule has 0 amide bonds. The van der Waals surface area contributed by atoms with Crippen molar-refractivity contribution in [1.82, 2.24) is 0 Å².